The third-order valence-corrected chi connectivity index (χ3v) is 0.565. The molecule has 0 radical (unpaired) electrons. The average molecular weight is 126 g/mol. The molecule has 4 nitrogen and oxygen atoms in total. The SMILES string of the molecule is COCOS(=O)O. The van der Waals surface area contributed by atoms with Crippen LogP contribution in [-0.4, -0.2) is 22.7 Å². The van der Waals surface area contributed by atoms with Crippen molar-refractivity contribution in [3.8, 4) is 0 Å². The maximum Gasteiger partial charge on any atom is 0.304 e. The maximum absolute atomic E-state index is 9.57. The molecule has 0 fully saturated rings. The van der Waals surface area contributed by atoms with Crippen LogP contribution in [0.4, 0.5) is 0 Å². The van der Waals surface area contributed by atoms with Gasteiger partial charge in [0.1, 0.15) is 0 Å². The predicted molar refractivity (Wildman–Crippen MR) is 23.7 cm³/mol. The number of hydrogen-bond donors (Lipinski definition) is 1. The van der Waals surface area contributed by atoms with Crippen LogP contribution in [0.2, 0.25) is 0 Å². The van der Waals surface area contributed by atoms with E-state index < -0.39 is 11.4 Å². The molecule has 0 aliphatic heterocycles. The Labute approximate surface area is 43.9 Å². The molecule has 1 N–H and O–H groups in total. The lowest BCUT2D eigenvalue weighted by Gasteiger charge is -1.91. The minimum atomic E-state index is -2.19. The highest BCUT2D eigenvalue weighted by Crippen LogP contribution is 1.75. The molecule has 1 atom stereocenters. The van der Waals surface area contributed by atoms with E-state index in [0.29, 0.717) is 0 Å². The van der Waals surface area contributed by atoms with Gasteiger partial charge in [-0.1, -0.05) is 0 Å². The Kier molecular flexibility index (Phi) is 4.21. The van der Waals surface area contributed by atoms with Gasteiger partial charge in [-0.15, -0.1) is 0 Å². The van der Waals surface area contributed by atoms with E-state index in [4.69, 9.17) is 4.55 Å². The molecule has 0 spiro atoms. The van der Waals surface area contributed by atoms with Gasteiger partial charge in [-0.05, 0) is 0 Å². The van der Waals surface area contributed by atoms with Gasteiger partial charge in [0.05, 0.1) is 0 Å². The Morgan fingerprint density at radius 1 is 1.86 bits per heavy atom. The first kappa shape index (κ1) is 7.03. The lowest BCUT2D eigenvalue weighted by Crippen LogP contribution is -1.97. The third-order valence-electron chi connectivity index (χ3n) is 0.267. The van der Waals surface area contributed by atoms with Crippen LogP contribution in [0.5, 0.6) is 0 Å². The van der Waals surface area contributed by atoms with Crippen molar-refractivity contribution in [2.24, 2.45) is 0 Å². The molecular formula is C2H6O4S. The van der Waals surface area contributed by atoms with E-state index in [1.165, 1.54) is 7.11 Å². The Hall–Kier alpha value is 0.0300. The topological polar surface area (TPSA) is 55.8 Å². The van der Waals surface area contributed by atoms with Crippen LogP contribution in [0.15, 0.2) is 0 Å². The molecule has 0 rings (SSSR count). The van der Waals surface area contributed by atoms with Crippen molar-refractivity contribution in [1.82, 2.24) is 0 Å². The summed E-state index contributed by atoms with van der Waals surface area (Å²) in [6, 6.07) is 0. The number of rotatable bonds is 3. The normalized spacial score (nSPS) is 14.0. The van der Waals surface area contributed by atoms with Crippen LogP contribution in [0.3, 0.4) is 0 Å². The largest absolute Gasteiger partial charge is 0.357 e. The van der Waals surface area contributed by atoms with E-state index in [-0.39, 0.29) is 6.79 Å². The monoisotopic (exact) mass is 126 g/mol. The Morgan fingerprint density at radius 3 is 2.57 bits per heavy atom. The first-order chi connectivity index (χ1) is 3.27. The summed E-state index contributed by atoms with van der Waals surface area (Å²) >= 11 is -2.19. The van der Waals surface area contributed by atoms with Gasteiger partial charge in [-0.3, -0.25) is 4.55 Å². The molecule has 0 aromatic carbocycles. The lowest BCUT2D eigenvalue weighted by atomic mass is 11.4. The van der Waals surface area contributed by atoms with Crippen molar-refractivity contribution in [2.45, 2.75) is 0 Å². The Bertz CT molecular complexity index is 62.7. The van der Waals surface area contributed by atoms with Gasteiger partial charge in [-0.2, -0.15) is 4.21 Å². The van der Waals surface area contributed by atoms with Crippen LogP contribution < -0.4 is 0 Å². The molecule has 0 heterocycles. The van der Waals surface area contributed by atoms with Crippen LogP contribution in [0.25, 0.3) is 0 Å². The summed E-state index contributed by atoms with van der Waals surface area (Å²) in [7, 11) is 1.37. The molecule has 7 heavy (non-hydrogen) atoms. The number of hydrogen-bond acceptors (Lipinski definition) is 3. The van der Waals surface area contributed by atoms with Crippen LogP contribution in [-0.2, 0) is 20.3 Å². The fourth-order valence-corrected chi connectivity index (χ4v) is 0.268. The minimum absolute atomic E-state index is 0.150. The summed E-state index contributed by atoms with van der Waals surface area (Å²) in [5.41, 5.74) is 0. The van der Waals surface area contributed by atoms with Gasteiger partial charge >= 0.3 is 11.4 Å². The van der Waals surface area contributed by atoms with E-state index in [1.54, 1.807) is 0 Å². The van der Waals surface area contributed by atoms with Gasteiger partial charge in [0.15, 0.2) is 6.79 Å². The molecule has 0 aliphatic rings. The fraction of sp³-hybridized carbons (Fsp3) is 1.00. The predicted octanol–water partition coefficient (Wildman–Crippen LogP) is -0.256. The highest BCUT2D eigenvalue weighted by molar-refractivity contribution is 7.74. The molecule has 44 valence electrons. The minimum Gasteiger partial charge on any atom is -0.357 e. The first-order valence-electron chi connectivity index (χ1n) is 1.50. The molecule has 0 bridgehead atoms. The van der Waals surface area contributed by atoms with E-state index in [9.17, 15) is 4.21 Å². The highest BCUT2D eigenvalue weighted by Gasteiger charge is 1.86. The molecule has 0 saturated carbocycles. The van der Waals surface area contributed by atoms with Gasteiger partial charge in [0.2, 0.25) is 0 Å². The van der Waals surface area contributed by atoms with Crippen LogP contribution >= 0.6 is 0 Å². The summed E-state index contributed by atoms with van der Waals surface area (Å²) in [6.07, 6.45) is 0. The van der Waals surface area contributed by atoms with Crippen molar-refractivity contribution >= 4 is 11.4 Å². The highest BCUT2D eigenvalue weighted by atomic mass is 32.2. The van der Waals surface area contributed by atoms with Crippen molar-refractivity contribution in [2.75, 3.05) is 13.9 Å². The zero-order valence-corrected chi connectivity index (χ0v) is 4.60. The van der Waals surface area contributed by atoms with Gasteiger partial charge in [-0.25, -0.2) is 4.18 Å². The summed E-state index contributed by atoms with van der Waals surface area (Å²) in [5, 5.41) is 0. The summed E-state index contributed by atoms with van der Waals surface area (Å²) < 4.78 is 25.7. The van der Waals surface area contributed by atoms with Gasteiger partial charge < -0.3 is 4.74 Å². The zero-order valence-electron chi connectivity index (χ0n) is 3.79. The zero-order chi connectivity index (χ0) is 5.70. The van der Waals surface area contributed by atoms with E-state index in [1.807, 2.05) is 0 Å². The first-order valence-corrected chi connectivity index (χ1v) is 2.53. The number of ether oxygens (including phenoxy) is 1. The molecule has 0 amide bonds. The molecule has 1 unspecified atom stereocenters. The molecule has 0 aromatic heterocycles. The average Bonchev–Trinajstić information content (AvgIpc) is 1.61. The second kappa shape index (κ2) is 4.20. The van der Waals surface area contributed by atoms with Crippen molar-refractivity contribution in [1.29, 1.82) is 0 Å². The summed E-state index contributed by atoms with van der Waals surface area (Å²) in [6.45, 7) is -0.150. The summed E-state index contributed by atoms with van der Waals surface area (Å²) in [5.74, 6) is 0. The lowest BCUT2D eigenvalue weighted by molar-refractivity contribution is 0.0547. The Balaban J connectivity index is 2.82. The van der Waals surface area contributed by atoms with Gasteiger partial charge in [0.25, 0.3) is 0 Å². The van der Waals surface area contributed by atoms with E-state index >= 15 is 0 Å². The van der Waals surface area contributed by atoms with Crippen molar-refractivity contribution in [3.63, 3.8) is 0 Å². The quantitative estimate of drug-likeness (QED) is 0.418. The van der Waals surface area contributed by atoms with Gasteiger partial charge in [0, 0.05) is 7.11 Å². The van der Waals surface area contributed by atoms with E-state index in [0.717, 1.165) is 0 Å². The standard InChI is InChI=1S/C2H6O4S/c1-5-2-6-7(3)4/h2H2,1H3,(H,3,4). The molecule has 5 heteroatoms. The van der Waals surface area contributed by atoms with Crippen molar-refractivity contribution < 1.29 is 17.7 Å². The molecule has 0 aromatic rings. The second-order valence-electron chi connectivity index (χ2n) is 0.741. The van der Waals surface area contributed by atoms with Crippen LogP contribution in [0, 0.1) is 0 Å². The molecule has 0 aliphatic carbocycles. The maximum atomic E-state index is 9.57. The number of methoxy groups -OCH3 is 1. The third kappa shape index (κ3) is 6.03. The summed E-state index contributed by atoms with van der Waals surface area (Å²) in [4.78, 5) is 0. The smallest absolute Gasteiger partial charge is 0.304 e. The van der Waals surface area contributed by atoms with E-state index in [2.05, 4.69) is 8.92 Å². The second-order valence-corrected chi connectivity index (χ2v) is 1.41. The fourth-order valence-electron chi connectivity index (χ4n) is 0.0893. The van der Waals surface area contributed by atoms with Crippen molar-refractivity contribution in [3.05, 3.63) is 0 Å². The molecular weight excluding hydrogens is 120 g/mol. The molecule has 0 saturated heterocycles. The van der Waals surface area contributed by atoms with Crippen LogP contribution in [0.1, 0.15) is 0 Å². The Morgan fingerprint density at radius 2 is 2.43 bits per heavy atom.